The van der Waals surface area contributed by atoms with Crippen molar-refractivity contribution in [2.24, 2.45) is 5.10 Å². The minimum atomic E-state index is -0.347. The van der Waals surface area contributed by atoms with Crippen LogP contribution in [0, 0.1) is 0 Å². The highest BCUT2D eigenvalue weighted by Gasteiger charge is 2.13. The Kier molecular flexibility index (Phi) is 7.27. The van der Waals surface area contributed by atoms with Crippen molar-refractivity contribution >= 4 is 33.7 Å². The van der Waals surface area contributed by atoms with Crippen molar-refractivity contribution in [3.63, 3.8) is 0 Å². The predicted molar refractivity (Wildman–Crippen MR) is 111 cm³/mol. The lowest BCUT2D eigenvalue weighted by Gasteiger charge is -2.29. The average molecular weight is 448 g/mol. The molecule has 1 amide bonds. The molecule has 0 aromatic heterocycles. The fourth-order valence-electron chi connectivity index (χ4n) is 2.74. The SMILES string of the molecule is COc1cc(N2CCOCC2)ccc1/C=N/NC(=O)COc1cccc(Br)c1. The number of rotatable bonds is 7. The van der Waals surface area contributed by atoms with Crippen LogP contribution >= 0.6 is 15.9 Å². The molecule has 1 N–H and O–H groups in total. The topological polar surface area (TPSA) is 72.4 Å². The molecular formula is C20H22BrN3O4. The summed E-state index contributed by atoms with van der Waals surface area (Å²) in [4.78, 5) is 14.1. The van der Waals surface area contributed by atoms with Crippen LogP contribution in [0.5, 0.6) is 11.5 Å². The Labute approximate surface area is 172 Å². The summed E-state index contributed by atoms with van der Waals surface area (Å²) in [5.74, 6) is 0.946. The molecule has 1 fully saturated rings. The van der Waals surface area contributed by atoms with Crippen LogP contribution in [0.1, 0.15) is 5.56 Å². The molecule has 0 atom stereocenters. The van der Waals surface area contributed by atoms with Crippen molar-refractivity contribution in [1.29, 1.82) is 0 Å². The third-order valence-corrected chi connectivity index (χ3v) is 4.65. The number of hydrogen-bond donors (Lipinski definition) is 1. The van der Waals surface area contributed by atoms with E-state index < -0.39 is 0 Å². The summed E-state index contributed by atoms with van der Waals surface area (Å²) in [6.07, 6.45) is 1.55. The van der Waals surface area contributed by atoms with Crippen molar-refractivity contribution < 1.29 is 19.0 Å². The van der Waals surface area contributed by atoms with Gasteiger partial charge in [0.1, 0.15) is 11.5 Å². The zero-order valence-electron chi connectivity index (χ0n) is 15.6. The maximum Gasteiger partial charge on any atom is 0.277 e. The first-order chi connectivity index (χ1) is 13.7. The molecule has 3 rings (SSSR count). The second kappa shape index (κ2) is 10.1. The molecule has 0 bridgehead atoms. The molecular weight excluding hydrogens is 426 g/mol. The predicted octanol–water partition coefficient (Wildman–Crippen LogP) is 2.82. The van der Waals surface area contributed by atoms with E-state index in [1.54, 1.807) is 25.5 Å². The highest BCUT2D eigenvalue weighted by Crippen LogP contribution is 2.25. The second-order valence-electron chi connectivity index (χ2n) is 6.06. The van der Waals surface area contributed by atoms with E-state index in [0.29, 0.717) is 11.5 Å². The van der Waals surface area contributed by atoms with Crippen molar-refractivity contribution in [3.8, 4) is 11.5 Å². The first kappa shape index (κ1) is 20.2. The van der Waals surface area contributed by atoms with Gasteiger partial charge in [-0.1, -0.05) is 22.0 Å². The van der Waals surface area contributed by atoms with Gasteiger partial charge in [0.05, 0.1) is 26.5 Å². The number of hydrogen-bond acceptors (Lipinski definition) is 6. The number of halogens is 1. The van der Waals surface area contributed by atoms with Gasteiger partial charge in [-0.2, -0.15) is 5.10 Å². The molecule has 1 aliphatic heterocycles. The largest absolute Gasteiger partial charge is 0.496 e. The number of amides is 1. The molecule has 148 valence electrons. The third kappa shape index (κ3) is 5.71. The highest BCUT2D eigenvalue weighted by atomic mass is 79.9. The molecule has 0 unspecified atom stereocenters. The van der Waals surface area contributed by atoms with E-state index in [1.165, 1.54) is 0 Å². The summed E-state index contributed by atoms with van der Waals surface area (Å²) < 4.78 is 17.2. The van der Waals surface area contributed by atoms with Crippen molar-refractivity contribution in [3.05, 3.63) is 52.5 Å². The number of nitrogens with zero attached hydrogens (tertiary/aromatic N) is 2. The van der Waals surface area contributed by atoms with Crippen LogP contribution < -0.4 is 19.8 Å². The average Bonchev–Trinajstić information content (AvgIpc) is 2.73. The number of methoxy groups -OCH3 is 1. The summed E-state index contributed by atoms with van der Waals surface area (Å²) in [5, 5.41) is 3.99. The van der Waals surface area contributed by atoms with Gasteiger partial charge in [-0.15, -0.1) is 0 Å². The Bertz CT molecular complexity index is 838. The van der Waals surface area contributed by atoms with Crippen LogP contribution in [0.2, 0.25) is 0 Å². The Morgan fingerprint density at radius 3 is 2.86 bits per heavy atom. The van der Waals surface area contributed by atoms with Crippen LogP contribution in [-0.2, 0) is 9.53 Å². The van der Waals surface area contributed by atoms with Crippen molar-refractivity contribution in [2.75, 3.05) is 44.9 Å². The molecule has 28 heavy (non-hydrogen) atoms. The Hall–Kier alpha value is -2.58. The molecule has 7 nitrogen and oxygen atoms in total. The molecule has 1 aliphatic rings. The van der Waals surface area contributed by atoms with Crippen LogP contribution in [0.15, 0.2) is 52.0 Å². The quantitative estimate of drug-likeness (QED) is 0.521. The third-order valence-electron chi connectivity index (χ3n) is 4.15. The minimum absolute atomic E-state index is 0.124. The number of benzene rings is 2. The summed E-state index contributed by atoms with van der Waals surface area (Å²) in [6.45, 7) is 3.02. The fraction of sp³-hybridized carbons (Fsp3) is 0.300. The smallest absolute Gasteiger partial charge is 0.277 e. The van der Waals surface area contributed by atoms with E-state index in [4.69, 9.17) is 14.2 Å². The summed E-state index contributed by atoms with van der Waals surface area (Å²) in [6, 6.07) is 13.2. The maximum absolute atomic E-state index is 11.9. The van der Waals surface area contributed by atoms with E-state index in [1.807, 2.05) is 30.3 Å². The number of anilines is 1. The number of morpholine rings is 1. The van der Waals surface area contributed by atoms with E-state index in [0.717, 1.165) is 42.0 Å². The molecule has 0 spiro atoms. The Morgan fingerprint density at radius 1 is 1.29 bits per heavy atom. The van der Waals surface area contributed by atoms with E-state index >= 15 is 0 Å². The first-order valence-corrected chi connectivity index (χ1v) is 9.66. The van der Waals surface area contributed by atoms with Gasteiger partial charge in [0.25, 0.3) is 5.91 Å². The van der Waals surface area contributed by atoms with Crippen molar-refractivity contribution in [2.45, 2.75) is 0 Å². The van der Waals surface area contributed by atoms with Crippen LogP contribution in [0.3, 0.4) is 0 Å². The molecule has 0 aliphatic carbocycles. The summed E-state index contributed by atoms with van der Waals surface area (Å²) in [7, 11) is 1.61. The number of hydrazone groups is 1. The Balaban J connectivity index is 1.54. The number of carbonyl (C=O) groups is 1. The normalized spacial score (nSPS) is 14.1. The fourth-order valence-corrected chi connectivity index (χ4v) is 3.11. The van der Waals surface area contributed by atoms with Gasteiger partial charge in [-0.25, -0.2) is 5.43 Å². The summed E-state index contributed by atoms with van der Waals surface area (Å²) in [5.41, 5.74) is 4.30. The zero-order valence-corrected chi connectivity index (χ0v) is 17.1. The summed E-state index contributed by atoms with van der Waals surface area (Å²) >= 11 is 3.36. The number of carbonyl (C=O) groups excluding carboxylic acids is 1. The van der Waals surface area contributed by atoms with Gasteiger partial charge < -0.3 is 19.1 Å². The molecule has 0 radical (unpaired) electrons. The van der Waals surface area contributed by atoms with Crippen LogP contribution in [0.4, 0.5) is 5.69 Å². The van der Waals surface area contributed by atoms with Gasteiger partial charge >= 0.3 is 0 Å². The maximum atomic E-state index is 11.9. The highest BCUT2D eigenvalue weighted by molar-refractivity contribution is 9.10. The lowest BCUT2D eigenvalue weighted by Crippen LogP contribution is -2.36. The molecule has 1 saturated heterocycles. The van der Waals surface area contributed by atoms with Gasteiger partial charge in [0.15, 0.2) is 6.61 Å². The Morgan fingerprint density at radius 2 is 2.11 bits per heavy atom. The van der Waals surface area contributed by atoms with Gasteiger partial charge in [0.2, 0.25) is 0 Å². The lowest BCUT2D eigenvalue weighted by atomic mass is 10.1. The molecule has 8 heteroatoms. The standard InChI is InChI=1S/C20H22BrN3O4/c1-26-19-12-17(24-7-9-27-10-8-24)6-5-15(19)13-22-23-20(25)14-28-18-4-2-3-16(21)11-18/h2-6,11-13H,7-10,14H2,1H3,(H,23,25)/b22-13+. The molecule has 1 heterocycles. The zero-order chi connectivity index (χ0) is 19.8. The minimum Gasteiger partial charge on any atom is -0.496 e. The first-order valence-electron chi connectivity index (χ1n) is 8.87. The monoisotopic (exact) mass is 447 g/mol. The van der Waals surface area contributed by atoms with Gasteiger partial charge in [-0.3, -0.25) is 4.79 Å². The number of nitrogens with one attached hydrogen (secondary N) is 1. The molecule has 2 aromatic carbocycles. The molecule has 2 aromatic rings. The van der Waals surface area contributed by atoms with Gasteiger partial charge in [-0.05, 0) is 30.3 Å². The van der Waals surface area contributed by atoms with Crippen LogP contribution in [-0.4, -0.2) is 52.1 Å². The lowest BCUT2D eigenvalue weighted by molar-refractivity contribution is -0.123. The van der Waals surface area contributed by atoms with Gasteiger partial charge in [0, 0.05) is 34.9 Å². The van der Waals surface area contributed by atoms with E-state index in [-0.39, 0.29) is 12.5 Å². The molecule has 0 saturated carbocycles. The number of ether oxygens (including phenoxy) is 3. The van der Waals surface area contributed by atoms with E-state index in [9.17, 15) is 4.79 Å². The second-order valence-corrected chi connectivity index (χ2v) is 6.98. The van der Waals surface area contributed by atoms with Crippen LogP contribution in [0.25, 0.3) is 0 Å². The van der Waals surface area contributed by atoms with Crippen molar-refractivity contribution in [1.82, 2.24) is 5.43 Å². The van der Waals surface area contributed by atoms with E-state index in [2.05, 4.69) is 31.4 Å².